The third kappa shape index (κ3) is 3.19. The number of carbonyl (C=O) groups is 3. The predicted octanol–water partition coefficient (Wildman–Crippen LogP) is 1.86. The van der Waals surface area contributed by atoms with Gasteiger partial charge in [0, 0.05) is 6.07 Å². The van der Waals surface area contributed by atoms with Crippen molar-refractivity contribution in [2.45, 2.75) is 6.61 Å². The molecular weight excluding hydrogens is 314 g/mol. The minimum atomic E-state index is -1.61. The maximum atomic E-state index is 11.9. The Morgan fingerprint density at radius 1 is 1.21 bits per heavy atom. The zero-order valence-corrected chi connectivity index (χ0v) is 12.4. The third-order valence-corrected chi connectivity index (χ3v) is 3.37. The molecule has 1 amide bonds. The van der Waals surface area contributed by atoms with Crippen LogP contribution in [0.1, 0.15) is 15.9 Å². The number of Topliss-reactive ketones (excluding diaryl/α,β-unsaturated/α-hetero) is 1. The molecule has 3 rings (SSSR count). The lowest BCUT2D eigenvalue weighted by molar-refractivity contribution is -0.131. The first-order chi connectivity index (χ1) is 11.5. The van der Waals surface area contributed by atoms with Gasteiger partial charge in [0.15, 0.2) is 12.4 Å². The number of rotatable bonds is 5. The van der Waals surface area contributed by atoms with Gasteiger partial charge in [-0.15, -0.1) is 0 Å². The van der Waals surface area contributed by atoms with Crippen molar-refractivity contribution < 1.29 is 29.0 Å². The second-order valence-corrected chi connectivity index (χ2v) is 5.09. The fraction of sp³-hybridized carbons (Fsp3) is 0.118. The van der Waals surface area contributed by atoms with E-state index in [0.717, 1.165) is 5.56 Å². The van der Waals surface area contributed by atoms with Gasteiger partial charge in [-0.25, -0.2) is 4.79 Å². The standard InChI is InChI=1S/C17H13NO6/c19-14-9-24-16-12(15(20)17(21)22)6-11(7-13(16)18-14)23-8-10-4-2-1-3-5-10/h1-7H,8-9H2,(H,18,19)(H,21,22). The number of benzene rings is 2. The van der Waals surface area contributed by atoms with E-state index in [1.165, 1.54) is 12.1 Å². The Morgan fingerprint density at radius 3 is 2.67 bits per heavy atom. The van der Waals surface area contributed by atoms with Gasteiger partial charge in [0.1, 0.15) is 12.4 Å². The summed E-state index contributed by atoms with van der Waals surface area (Å²) in [4.78, 5) is 34.3. The summed E-state index contributed by atoms with van der Waals surface area (Å²) in [5, 5.41) is 11.5. The third-order valence-electron chi connectivity index (χ3n) is 3.37. The molecule has 0 bridgehead atoms. The van der Waals surface area contributed by atoms with Crippen LogP contribution in [0.4, 0.5) is 5.69 Å². The van der Waals surface area contributed by atoms with Crippen LogP contribution in [0.2, 0.25) is 0 Å². The largest absolute Gasteiger partial charge is 0.489 e. The maximum absolute atomic E-state index is 11.9. The van der Waals surface area contributed by atoms with E-state index < -0.39 is 17.7 Å². The summed E-state index contributed by atoms with van der Waals surface area (Å²) >= 11 is 0. The van der Waals surface area contributed by atoms with Crippen molar-refractivity contribution in [2.24, 2.45) is 0 Å². The minimum Gasteiger partial charge on any atom is -0.489 e. The van der Waals surface area contributed by atoms with Gasteiger partial charge in [-0.2, -0.15) is 0 Å². The molecule has 7 nitrogen and oxygen atoms in total. The first kappa shape index (κ1) is 15.5. The Labute approximate surface area is 136 Å². The molecule has 1 aliphatic heterocycles. The molecule has 0 atom stereocenters. The van der Waals surface area contributed by atoms with Gasteiger partial charge < -0.3 is 19.9 Å². The highest BCUT2D eigenvalue weighted by atomic mass is 16.5. The van der Waals surface area contributed by atoms with Gasteiger partial charge in [0.2, 0.25) is 0 Å². The topological polar surface area (TPSA) is 102 Å². The summed E-state index contributed by atoms with van der Waals surface area (Å²) in [5.74, 6) is -2.84. The van der Waals surface area contributed by atoms with E-state index >= 15 is 0 Å². The number of nitrogens with one attached hydrogen (secondary N) is 1. The number of carbonyl (C=O) groups excluding carboxylic acids is 2. The lowest BCUT2D eigenvalue weighted by Gasteiger charge is -2.21. The van der Waals surface area contributed by atoms with Crippen molar-refractivity contribution in [3.8, 4) is 11.5 Å². The molecule has 0 fully saturated rings. The minimum absolute atomic E-state index is 0.0362. The number of hydrogen-bond acceptors (Lipinski definition) is 5. The highest BCUT2D eigenvalue weighted by Gasteiger charge is 2.27. The van der Waals surface area contributed by atoms with E-state index in [4.69, 9.17) is 14.6 Å². The summed E-state index contributed by atoms with van der Waals surface area (Å²) in [7, 11) is 0. The summed E-state index contributed by atoms with van der Waals surface area (Å²) in [6.45, 7) is -0.0494. The molecule has 0 radical (unpaired) electrons. The Morgan fingerprint density at radius 2 is 1.96 bits per heavy atom. The lowest BCUT2D eigenvalue weighted by atomic mass is 10.1. The number of amides is 1. The summed E-state index contributed by atoms with van der Waals surface area (Å²) in [5.41, 5.74) is 0.950. The van der Waals surface area contributed by atoms with E-state index in [-0.39, 0.29) is 36.0 Å². The smallest absolute Gasteiger partial charge is 0.377 e. The molecule has 0 saturated heterocycles. The van der Waals surface area contributed by atoms with Gasteiger partial charge in [-0.1, -0.05) is 30.3 Å². The Kier molecular flexibility index (Phi) is 4.15. The van der Waals surface area contributed by atoms with Crippen LogP contribution in [-0.4, -0.2) is 29.4 Å². The van der Waals surface area contributed by atoms with Crippen LogP contribution in [0.5, 0.6) is 11.5 Å². The van der Waals surface area contributed by atoms with Gasteiger partial charge in [-0.05, 0) is 11.6 Å². The van der Waals surface area contributed by atoms with E-state index in [2.05, 4.69) is 5.32 Å². The Bertz CT molecular complexity index is 815. The van der Waals surface area contributed by atoms with Crippen molar-refractivity contribution in [1.82, 2.24) is 0 Å². The van der Waals surface area contributed by atoms with Crippen molar-refractivity contribution in [3.63, 3.8) is 0 Å². The Hall–Kier alpha value is -3.35. The van der Waals surface area contributed by atoms with E-state index in [1.54, 1.807) is 0 Å². The summed E-state index contributed by atoms with van der Waals surface area (Å²) in [6, 6.07) is 12.1. The highest BCUT2D eigenvalue weighted by Crippen LogP contribution is 2.36. The SMILES string of the molecule is O=C1COc2c(cc(OCc3ccccc3)cc2C(=O)C(=O)O)N1. The fourth-order valence-corrected chi connectivity index (χ4v) is 2.28. The van der Waals surface area contributed by atoms with Crippen LogP contribution in [-0.2, 0) is 16.2 Å². The molecule has 2 aromatic carbocycles. The van der Waals surface area contributed by atoms with Crippen molar-refractivity contribution in [1.29, 1.82) is 0 Å². The normalized spacial score (nSPS) is 12.6. The molecule has 0 aromatic heterocycles. The van der Waals surface area contributed by atoms with Crippen LogP contribution >= 0.6 is 0 Å². The van der Waals surface area contributed by atoms with Crippen molar-refractivity contribution in [3.05, 3.63) is 53.6 Å². The number of ether oxygens (including phenoxy) is 2. The molecule has 1 heterocycles. The van der Waals surface area contributed by atoms with Crippen molar-refractivity contribution >= 4 is 23.3 Å². The first-order valence-corrected chi connectivity index (χ1v) is 7.09. The van der Waals surface area contributed by atoms with Gasteiger partial charge in [0.05, 0.1) is 11.3 Å². The first-order valence-electron chi connectivity index (χ1n) is 7.09. The van der Waals surface area contributed by atoms with Gasteiger partial charge >= 0.3 is 5.97 Å². The van der Waals surface area contributed by atoms with Crippen LogP contribution in [0, 0.1) is 0 Å². The van der Waals surface area contributed by atoms with Crippen LogP contribution in [0.15, 0.2) is 42.5 Å². The molecule has 0 aliphatic carbocycles. The van der Waals surface area contributed by atoms with Gasteiger partial charge in [-0.3, -0.25) is 9.59 Å². The molecule has 0 saturated carbocycles. The quantitative estimate of drug-likeness (QED) is 0.642. The zero-order valence-electron chi connectivity index (χ0n) is 12.4. The lowest BCUT2D eigenvalue weighted by Crippen LogP contribution is -2.27. The zero-order chi connectivity index (χ0) is 17.1. The summed E-state index contributed by atoms with van der Waals surface area (Å²) < 4.78 is 10.8. The number of anilines is 1. The number of fused-ring (bicyclic) bond motifs is 1. The average Bonchev–Trinajstić information content (AvgIpc) is 2.59. The summed E-state index contributed by atoms with van der Waals surface area (Å²) in [6.07, 6.45) is 0. The molecule has 122 valence electrons. The average molecular weight is 327 g/mol. The van der Waals surface area contributed by atoms with Crippen LogP contribution in [0.3, 0.4) is 0 Å². The van der Waals surface area contributed by atoms with Crippen molar-refractivity contribution in [2.75, 3.05) is 11.9 Å². The fourth-order valence-electron chi connectivity index (χ4n) is 2.28. The van der Waals surface area contributed by atoms with E-state index in [1.807, 2.05) is 30.3 Å². The van der Waals surface area contributed by atoms with Crippen LogP contribution < -0.4 is 14.8 Å². The number of aliphatic carboxylic acids is 1. The maximum Gasteiger partial charge on any atom is 0.377 e. The molecular formula is C17H13NO6. The molecule has 7 heteroatoms. The second kappa shape index (κ2) is 6.41. The van der Waals surface area contributed by atoms with Crippen LogP contribution in [0.25, 0.3) is 0 Å². The number of ketones is 1. The number of carboxylic acids is 1. The number of hydrogen-bond donors (Lipinski definition) is 2. The number of carboxylic acid groups (broad SMARTS) is 1. The molecule has 1 aliphatic rings. The Balaban J connectivity index is 1.93. The second-order valence-electron chi connectivity index (χ2n) is 5.09. The highest BCUT2D eigenvalue weighted by molar-refractivity contribution is 6.41. The molecule has 24 heavy (non-hydrogen) atoms. The molecule has 0 spiro atoms. The monoisotopic (exact) mass is 327 g/mol. The molecule has 2 aromatic rings. The van der Waals surface area contributed by atoms with Gasteiger partial charge in [0.25, 0.3) is 11.7 Å². The molecule has 0 unspecified atom stereocenters. The predicted molar refractivity (Wildman–Crippen MR) is 83.3 cm³/mol. The van der Waals surface area contributed by atoms with E-state index in [9.17, 15) is 14.4 Å². The van der Waals surface area contributed by atoms with E-state index in [0.29, 0.717) is 0 Å². The molecule has 2 N–H and O–H groups in total.